The Balaban J connectivity index is 1.62. The summed E-state index contributed by atoms with van der Waals surface area (Å²) in [5, 5.41) is 2.90. The third kappa shape index (κ3) is 4.39. The first-order chi connectivity index (χ1) is 12.1. The number of nitrogens with zero attached hydrogens (tertiary/aromatic N) is 2. The lowest BCUT2D eigenvalue weighted by Gasteiger charge is -2.10. The van der Waals surface area contributed by atoms with Gasteiger partial charge in [0.2, 0.25) is 11.8 Å². The number of thioether (sulfide) groups is 1. The molecule has 6 nitrogen and oxygen atoms in total. The molecule has 3 rings (SSSR count). The summed E-state index contributed by atoms with van der Waals surface area (Å²) in [5.41, 5.74) is 7.79. The van der Waals surface area contributed by atoms with E-state index in [0.717, 1.165) is 15.9 Å². The molecule has 0 bridgehead atoms. The average Bonchev–Trinajstić information content (AvgIpc) is 3.02. The molecule has 0 aliphatic heterocycles. The summed E-state index contributed by atoms with van der Waals surface area (Å²) in [5.74, 6) is -0.309. The Morgan fingerprint density at radius 1 is 1.12 bits per heavy atom. The zero-order chi connectivity index (χ0) is 17.6. The van der Waals surface area contributed by atoms with Crippen molar-refractivity contribution >= 4 is 40.3 Å². The molecule has 25 heavy (non-hydrogen) atoms. The van der Waals surface area contributed by atoms with Crippen molar-refractivity contribution in [1.82, 2.24) is 9.55 Å². The number of para-hydroxylation sites is 3. The number of hydrogen-bond acceptors (Lipinski definition) is 4. The molecule has 0 spiro atoms. The molecule has 128 valence electrons. The molecule has 2 aromatic carbocycles. The molecule has 0 aliphatic carbocycles. The van der Waals surface area contributed by atoms with Crippen LogP contribution >= 0.6 is 11.8 Å². The van der Waals surface area contributed by atoms with E-state index in [0.29, 0.717) is 18.7 Å². The topological polar surface area (TPSA) is 90.0 Å². The lowest BCUT2D eigenvalue weighted by molar-refractivity contribution is -0.116. The molecule has 0 fully saturated rings. The van der Waals surface area contributed by atoms with Gasteiger partial charge in [0.15, 0.2) is 0 Å². The minimum Gasteiger partial charge on any atom is -0.369 e. The molecule has 0 saturated heterocycles. The number of aromatic nitrogens is 2. The normalized spacial score (nSPS) is 10.7. The van der Waals surface area contributed by atoms with Crippen molar-refractivity contribution in [3.8, 4) is 0 Å². The molecule has 1 heterocycles. The van der Waals surface area contributed by atoms with Crippen LogP contribution in [0.15, 0.2) is 59.8 Å². The number of fused-ring (bicyclic) bond motifs is 1. The van der Waals surface area contributed by atoms with Crippen molar-refractivity contribution in [1.29, 1.82) is 0 Å². The molecule has 0 unspecified atom stereocenters. The second-order valence-electron chi connectivity index (χ2n) is 5.48. The molecule has 7 heteroatoms. The van der Waals surface area contributed by atoms with Gasteiger partial charge in [-0.3, -0.25) is 9.59 Å². The number of hydrogen-bond donors (Lipinski definition) is 2. The van der Waals surface area contributed by atoms with Gasteiger partial charge in [-0.05, 0) is 24.3 Å². The number of primary amides is 1. The highest BCUT2D eigenvalue weighted by Gasteiger charge is 2.09. The van der Waals surface area contributed by atoms with Crippen molar-refractivity contribution in [2.24, 2.45) is 5.73 Å². The number of imidazole rings is 1. The summed E-state index contributed by atoms with van der Waals surface area (Å²) in [6, 6.07) is 15.2. The Morgan fingerprint density at radius 2 is 1.88 bits per heavy atom. The van der Waals surface area contributed by atoms with E-state index in [4.69, 9.17) is 5.73 Å². The Morgan fingerprint density at radius 3 is 2.72 bits per heavy atom. The SMILES string of the molecule is NC(=O)CSc1ccccc1NC(=O)CCn1cnc2ccccc21. The van der Waals surface area contributed by atoms with Gasteiger partial charge in [0.05, 0.1) is 28.8 Å². The third-order valence-electron chi connectivity index (χ3n) is 3.64. The molecule has 0 radical (unpaired) electrons. The van der Waals surface area contributed by atoms with Crippen LogP contribution in [0.25, 0.3) is 11.0 Å². The number of nitrogens with two attached hydrogens (primary N) is 1. The first kappa shape index (κ1) is 17.0. The number of amides is 2. The van der Waals surface area contributed by atoms with Crippen LogP contribution in [-0.4, -0.2) is 27.1 Å². The molecule has 0 aliphatic rings. The van der Waals surface area contributed by atoms with Crippen molar-refractivity contribution in [3.05, 3.63) is 54.9 Å². The fourth-order valence-electron chi connectivity index (χ4n) is 2.47. The van der Waals surface area contributed by atoms with E-state index >= 15 is 0 Å². The molecule has 0 saturated carbocycles. The molecule has 0 atom stereocenters. The summed E-state index contributed by atoms with van der Waals surface area (Å²) >= 11 is 1.31. The number of nitrogens with one attached hydrogen (secondary N) is 1. The van der Waals surface area contributed by atoms with Crippen molar-refractivity contribution in [2.45, 2.75) is 17.9 Å². The Kier molecular flexibility index (Phi) is 5.35. The lowest BCUT2D eigenvalue weighted by atomic mass is 10.3. The molecule has 3 N–H and O–H groups in total. The Hall–Kier alpha value is -2.80. The first-order valence-electron chi connectivity index (χ1n) is 7.83. The highest BCUT2D eigenvalue weighted by Crippen LogP contribution is 2.26. The van der Waals surface area contributed by atoms with Crippen molar-refractivity contribution in [3.63, 3.8) is 0 Å². The second-order valence-corrected chi connectivity index (χ2v) is 6.49. The van der Waals surface area contributed by atoms with Crippen molar-refractivity contribution < 1.29 is 9.59 Å². The van der Waals surface area contributed by atoms with Crippen molar-refractivity contribution in [2.75, 3.05) is 11.1 Å². The number of benzene rings is 2. The zero-order valence-corrected chi connectivity index (χ0v) is 14.3. The van der Waals surface area contributed by atoms with Gasteiger partial charge >= 0.3 is 0 Å². The summed E-state index contributed by atoms with van der Waals surface area (Å²) in [6.07, 6.45) is 2.07. The van der Waals surface area contributed by atoms with E-state index < -0.39 is 5.91 Å². The molecule has 2 amide bonds. The van der Waals surface area contributed by atoms with Gasteiger partial charge in [0.1, 0.15) is 0 Å². The van der Waals surface area contributed by atoms with E-state index in [9.17, 15) is 9.59 Å². The molecule has 3 aromatic rings. The third-order valence-corrected chi connectivity index (χ3v) is 4.73. The number of aryl methyl sites for hydroxylation is 1. The molecular formula is C18H18N4O2S. The zero-order valence-electron chi connectivity index (χ0n) is 13.5. The van der Waals surface area contributed by atoms with Crippen LogP contribution in [0.3, 0.4) is 0 Å². The number of anilines is 1. The van der Waals surface area contributed by atoms with Gasteiger partial charge in [-0.15, -0.1) is 11.8 Å². The predicted octanol–water partition coefficient (Wildman–Crippen LogP) is 2.64. The number of carbonyl (C=O) groups excluding carboxylic acids is 2. The van der Waals surface area contributed by atoms with Gasteiger partial charge in [-0.25, -0.2) is 4.98 Å². The summed E-state index contributed by atoms with van der Waals surface area (Å²) in [4.78, 5) is 28.4. The summed E-state index contributed by atoms with van der Waals surface area (Å²) < 4.78 is 1.96. The second kappa shape index (κ2) is 7.85. The van der Waals surface area contributed by atoms with E-state index in [1.54, 1.807) is 6.33 Å². The minimum atomic E-state index is -0.391. The highest BCUT2D eigenvalue weighted by atomic mass is 32.2. The van der Waals surface area contributed by atoms with Gasteiger partial charge in [-0.2, -0.15) is 0 Å². The van der Waals surface area contributed by atoms with Crippen LogP contribution in [-0.2, 0) is 16.1 Å². The van der Waals surface area contributed by atoms with Crippen LogP contribution in [0.2, 0.25) is 0 Å². The van der Waals surface area contributed by atoms with Crippen LogP contribution in [0.1, 0.15) is 6.42 Å². The maximum absolute atomic E-state index is 12.3. The Labute approximate surface area is 149 Å². The first-order valence-corrected chi connectivity index (χ1v) is 8.82. The standard InChI is InChI=1S/C18H18N4O2S/c19-17(23)11-25-16-8-4-2-6-14(16)21-18(24)9-10-22-12-20-13-5-1-3-7-15(13)22/h1-8,12H,9-11H2,(H2,19,23)(H,21,24). The quantitative estimate of drug-likeness (QED) is 0.638. The predicted molar refractivity (Wildman–Crippen MR) is 99.3 cm³/mol. The maximum Gasteiger partial charge on any atom is 0.227 e. The largest absolute Gasteiger partial charge is 0.369 e. The monoisotopic (exact) mass is 354 g/mol. The van der Waals surface area contributed by atoms with Gasteiger partial charge < -0.3 is 15.6 Å². The lowest BCUT2D eigenvalue weighted by Crippen LogP contribution is -2.16. The van der Waals surface area contributed by atoms with E-state index in [1.807, 2.05) is 53.1 Å². The molecule has 1 aromatic heterocycles. The number of rotatable bonds is 7. The minimum absolute atomic E-state index is 0.0927. The van der Waals surface area contributed by atoms with E-state index in [-0.39, 0.29) is 11.7 Å². The fraction of sp³-hybridized carbons (Fsp3) is 0.167. The average molecular weight is 354 g/mol. The Bertz CT molecular complexity index is 907. The smallest absolute Gasteiger partial charge is 0.227 e. The van der Waals surface area contributed by atoms with Gasteiger partial charge in [0.25, 0.3) is 0 Å². The number of carbonyl (C=O) groups is 2. The van der Waals surface area contributed by atoms with E-state index in [1.165, 1.54) is 11.8 Å². The van der Waals surface area contributed by atoms with Crippen LogP contribution in [0, 0.1) is 0 Å². The highest BCUT2D eigenvalue weighted by molar-refractivity contribution is 8.00. The van der Waals surface area contributed by atoms with Crippen LogP contribution in [0.4, 0.5) is 5.69 Å². The van der Waals surface area contributed by atoms with Crippen LogP contribution in [0.5, 0.6) is 0 Å². The van der Waals surface area contributed by atoms with Gasteiger partial charge in [-0.1, -0.05) is 24.3 Å². The molecular weight excluding hydrogens is 336 g/mol. The van der Waals surface area contributed by atoms with Gasteiger partial charge in [0, 0.05) is 17.9 Å². The summed E-state index contributed by atoms with van der Waals surface area (Å²) in [6.45, 7) is 0.545. The maximum atomic E-state index is 12.3. The van der Waals surface area contributed by atoms with E-state index in [2.05, 4.69) is 10.3 Å². The summed E-state index contributed by atoms with van der Waals surface area (Å²) in [7, 11) is 0. The fourth-order valence-corrected chi connectivity index (χ4v) is 3.21. The van der Waals surface area contributed by atoms with Crippen LogP contribution < -0.4 is 11.1 Å².